The Bertz CT molecular complexity index is 785. The third-order valence-corrected chi connectivity index (χ3v) is 5.93. The molecule has 2 fully saturated rings. The van der Waals surface area contributed by atoms with E-state index in [0.29, 0.717) is 0 Å². The van der Waals surface area contributed by atoms with Crippen LogP contribution in [0.3, 0.4) is 0 Å². The molecule has 0 radical (unpaired) electrons. The first kappa shape index (κ1) is 14.0. The van der Waals surface area contributed by atoms with E-state index in [4.69, 9.17) is 21.3 Å². The van der Waals surface area contributed by atoms with E-state index in [1.807, 2.05) is 18.3 Å². The van der Waals surface area contributed by atoms with Crippen molar-refractivity contribution >= 4 is 11.6 Å². The molecule has 2 aliphatic heterocycles. The molecule has 1 aromatic carbocycles. The van der Waals surface area contributed by atoms with Crippen molar-refractivity contribution < 1.29 is 4.74 Å². The van der Waals surface area contributed by atoms with Gasteiger partial charge in [0.05, 0.1) is 5.69 Å². The SMILES string of the molecule is Clc1ccc2c(c1)CCc1cccnc1[C@]21OC12CCNCC2. The van der Waals surface area contributed by atoms with E-state index in [9.17, 15) is 0 Å². The molecule has 118 valence electrons. The molecule has 0 amide bonds. The molecule has 1 N–H and O–H groups in total. The zero-order chi connectivity index (χ0) is 15.5. The van der Waals surface area contributed by atoms with Crippen molar-refractivity contribution in [3.63, 3.8) is 0 Å². The molecule has 2 aromatic rings. The molecule has 1 aromatic heterocycles. The zero-order valence-corrected chi connectivity index (χ0v) is 13.7. The van der Waals surface area contributed by atoms with Crippen LogP contribution < -0.4 is 5.32 Å². The first-order valence-corrected chi connectivity index (χ1v) is 8.77. The van der Waals surface area contributed by atoms with Gasteiger partial charge in [0.15, 0.2) is 5.60 Å². The fourth-order valence-electron chi connectivity index (χ4n) is 4.58. The van der Waals surface area contributed by atoms with E-state index < -0.39 is 0 Å². The molecule has 5 rings (SSSR count). The van der Waals surface area contributed by atoms with Gasteiger partial charge in [0.1, 0.15) is 5.60 Å². The maximum Gasteiger partial charge on any atom is 0.165 e. The molecule has 1 atom stereocenters. The summed E-state index contributed by atoms with van der Waals surface area (Å²) in [4.78, 5) is 4.79. The van der Waals surface area contributed by atoms with Crippen LogP contribution in [0.5, 0.6) is 0 Å². The molecule has 3 aliphatic rings. The summed E-state index contributed by atoms with van der Waals surface area (Å²) >= 11 is 6.27. The minimum atomic E-state index is -0.373. The highest BCUT2D eigenvalue weighted by molar-refractivity contribution is 6.30. The Morgan fingerprint density at radius 1 is 1.09 bits per heavy atom. The highest BCUT2D eigenvalue weighted by Gasteiger charge is 2.73. The third-order valence-electron chi connectivity index (χ3n) is 5.69. The van der Waals surface area contributed by atoms with E-state index in [0.717, 1.165) is 49.5 Å². The Morgan fingerprint density at radius 3 is 2.78 bits per heavy atom. The predicted molar refractivity (Wildman–Crippen MR) is 89.8 cm³/mol. The van der Waals surface area contributed by atoms with Crippen LogP contribution in [0.15, 0.2) is 36.5 Å². The Balaban J connectivity index is 1.76. The summed E-state index contributed by atoms with van der Waals surface area (Å²) in [5, 5.41) is 4.26. The molecule has 0 saturated carbocycles. The summed E-state index contributed by atoms with van der Waals surface area (Å²) in [5.74, 6) is 0. The predicted octanol–water partition coefficient (Wildman–Crippen LogP) is 3.23. The van der Waals surface area contributed by atoms with Crippen LogP contribution in [0.1, 0.15) is 35.2 Å². The Labute approximate surface area is 141 Å². The van der Waals surface area contributed by atoms with Crippen LogP contribution in [0.4, 0.5) is 0 Å². The average molecular weight is 327 g/mol. The van der Waals surface area contributed by atoms with Crippen LogP contribution in [0, 0.1) is 0 Å². The van der Waals surface area contributed by atoms with Crippen LogP contribution >= 0.6 is 11.6 Å². The monoisotopic (exact) mass is 326 g/mol. The number of epoxide rings is 1. The largest absolute Gasteiger partial charge is 0.350 e. The number of hydrogen-bond acceptors (Lipinski definition) is 3. The van der Waals surface area contributed by atoms with E-state index >= 15 is 0 Å². The first-order valence-electron chi connectivity index (χ1n) is 8.39. The Morgan fingerprint density at radius 2 is 1.91 bits per heavy atom. The maximum absolute atomic E-state index is 6.60. The smallest absolute Gasteiger partial charge is 0.165 e. The summed E-state index contributed by atoms with van der Waals surface area (Å²) in [6.07, 6.45) is 5.96. The number of nitrogens with one attached hydrogen (secondary N) is 1. The maximum atomic E-state index is 6.60. The number of pyridine rings is 1. The summed E-state index contributed by atoms with van der Waals surface area (Å²) in [6, 6.07) is 10.5. The molecule has 4 heteroatoms. The number of piperidine rings is 1. The van der Waals surface area contributed by atoms with Gasteiger partial charge in [-0.15, -0.1) is 0 Å². The lowest BCUT2D eigenvalue weighted by molar-refractivity contribution is 0.235. The summed E-state index contributed by atoms with van der Waals surface area (Å²) in [5.41, 5.74) is 4.56. The number of rotatable bonds is 0. The number of benzene rings is 1. The molecule has 2 saturated heterocycles. The standard InChI is InChI=1S/C19H19ClN2O/c20-15-5-6-16-14(12-15)4-3-13-2-1-9-22-17(13)19(16)18(23-19)7-10-21-11-8-18/h1-2,5-6,9,12,21H,3-4,7-8,10-11H2/t19-/m1/s1. The van der Waals surface area contributed by atoms with Crippen LogP contribution in [-0.2, 0) is 23.2 Å². The zero-order valence-electron chi connectivity index (χ0n) is 12.9. The lowest BCUT2D eigenvalue weighted by Crippen LogP contribution is -2.38. The van der Waals surface area contributed by atoms with Crippen LogP contribution in [-0.4, -0.2) is 23.7 Å². The number of nitrogens with zero attached hydrogens (tertiary/aromatic N) is 1. The number of fused-ring (bicyclic) bond motifs is 5. The second-order valence-corrected chi connectivity index (χ2v) is 7.28. The number of hydrogen-bond donors (Lipinski definition) is 1. The number of aryl methyl sites for hydroxylation is 2. The molecule has 23 heavy (non-hydrogen) atoms. The van der Waals surface area contributed by atoms with Crippen LogP contribution in [0.2, 0.25) is 5.02 Å². The highest BCUT2D eigenvalue weighted by atomic mass is 35.5. The van der Waals surface area contributed by atoms with Gasteiger partial charge in [-0.2, -0.15) is 0 Å². The van der Waals surface area contributed by atoms with Crippen molar-refractivity contribution in [1.29, 1.82) is 0 Å². The highest BCUT2D eigenvalue weighted by Crippen LogP contribution is 2.65. The van der Waals surface area contributed by atoms with Gasteiger partial charge in [0.25, 0.3) is 0 Å². The van der Waals surface area contributed by atoms with Crippen molar-refractivity contribution in [3.05, 3.63) is 63.9 Å². The second-order valence-electron chi connectivity index (χ2n) is 6.84. The normalized spacial score (nSPS) is 27.3. The number of aromatic nitrogens is 1. The van der Waals surface area contributed by atoms with Gasteiger partial charge in [-0.1, -0.05) is 23.7 Å². The fourth-order valence-corrected chi connectivity index (χ4v) is 4.78. The second kappa shape index (κ2) is 4.79. The molecule has 2 spiro atoms. The topological polar surface area (TPSA) is 37.5 Å². The molecule has 3 heterocycles. The van der Waals surface area contributed by atoms with Gasteiger partial charge < -0.3 is 10.1 Å². The van der Waals surface area contributed by atoms with Gasteiger partial charge in [-0.25, -0.2) is 0 Å². The van der Waals surface area contributed by atoms with Crippen LogP contribution in [0.25, 0.3) is 0 Å². The Kier molecular flexibility index (Phi) is 2.91. The third kappa shape index (κ3) is 1.81. The minimum absolute atomic E-state index is 0.103. The number of halogens is 1. The minimum Gasteiger partial charge on any atom is -0.350 e. The van der Waals surface area contributed by atoms with Crippen molar-refractivity contribution in [2.75, 3.05) is 13.1 Å². The summed E-state index contributed by atoms with van der Waals surface area (Å²) in [7, 11) is 0. The van der Waals surface area contributed by atoms with Gasteiger partial charge in [0, 0.05) is 11.2 Å². The molecular weight excluding hydrogens is 308 g/mol. The van der Waals surface area contributed by atoms with Crippen molar-refractivity contribution in [2.24, 2.45) is 0 Å². The molecular formula is C19H19ClN2O. The molecule has 1 aliphatic carbocycles. The van der Waals surface area contributed by atoms with E-state index in [2.05, 4.69) is 23.5 Å². The van der Waals surface area contributed by atoms with Gasteiger partial charge in [-0.05, 0) is 73.7 Å². The van der Waals surface area contributed by atoms with Crippen molar-refractivity contribution in [2.45, 2.75) is 36.9 Å². The summed E-state index contributed by atoms with van der Waals surface area (Å²) < 4.78 is 6.60. The first-order chi connectivity index (χ1) is 11.3. The van der Waals surface area contributed by atoms with E-state index in [1.165, 1.54) is 16.7 Å². The van der Waals surface area contributed by atoms with Gasteiger partial charge in [-0.3, -0.25) is 4.98 Å². The molecule has 0 bridgehead atoms. The van der Waals surface area contributed by atoms with Crippen molar-refractivity contribution in [1.82, 2.24) is 10.3 Å². The summed E-state index contributed by atoms with van der Waals surface area (Å²) in [6.45, 7) is 2.01. The van der Waals surface area contributed by atoms with E-state index in [-0.39, 0.29) is 11.2 Å². The molecule has 0 unspecified atom stereocenters. The van der Waals surface area contributed by atoms with E-state index in [1.54, 1.807) is 0 Å². The quantitative estimate of drug-likeness (QED) is 0.755. The van der Waals surface area contributed by atoms with Crippen molar-refractivity contribution in [3.8, 4) is 0 Å². The van der Waals surface area contributed by atoms with Gasteiger partial charge >= 0.3 is 0 Å². The lowest BCUT2D eigenvalue weighted by Gasteiger charge is -2.25. The fraction of sp³-hybridized carbons (Fsp3) is 0.421. The Hall–Kier alpha value is -1.42. The van der Waals surface area contributed by atoms with Gasteiger partial charge in [0.2, 0.25) is 0 Å². The lowest BCUT2D eigenvalue weighted by atomic mass is 9.77. The number of ether oxygens (including phenoxy) is 1. The average Bonchev–Trinajstić information content (AvgIpc) is 3.24. The molecule has 3 nitrogen and oxygen atoms in total.